The monoisotopic (exact) mass is 482 g/mol. The van der Waals surface area contributed by atoms with Crippen molar-refractivity contribution in [3.8, 4) is 11.4 Å². The van der Waals surface area contributed by atoms with Gasteiger partial charge in [0.2, 0.25) is 0 Å². The quantitative estimate of drug-likeness (QED) is 0.339. The van der Waals surface area contributed by atoms with E-state index in [0.717, 1.165) is 17.1 Å². The zero-order valence-corrected chi connectivity index (χ0v) is 21.6. The highest BCUT2D eigenvalue weighted by molar-refractivity contribution is 7.80. The first-order chi connectivity index (χ1) is 16.9. The highest BCUT2D eigenvalue weighted by atomic mass is 32.1. The van der Waals surface area contributed by atoms with E-state index in [9.17, 15) is 0 Å². The van der Waals surface area contributed by atoms with E-state index in [4.69, 9.17) is 21.9 Å². The smallest absolute Gasteiger partial charge is 0.174 e. The summed E-state index contributed by atoms with van der Waals surface area (Å²) in [6, 6.07) is 22.7. The van der Waals surface area contributed by atoms with Crippen molar-refractivity contribution in [1.29, 1.82) is 0 Å². The van der Waals surface area contributed by atoms with Crippen LogP contribution in [0.25, 0.3) is 5.69 Å². The van der Waals surface area contributed by atoms with Crippen LogP contribution in [0.4, 0.5) is 5.69 Å². The van der Waals surface area contributed by atoms with Gasteiger partial charge < -0.3 is 19.5 Å². The second-order valence-electron chi connectivity index (χ2n) is 9.08. The van der Waals surface area contributed by atoms with Gasteiger partial charge in [0.25, 0.3) is 0 Å². The van der Waals surface area contributed by atoms with E-state index < -0.39 is 0 Å². The molecule has 0 saturated carbocycles. The van der Waals surface area contributed by atoms with Gasteiger partial charge in [-0.15, -0.1) is 0 Å². The molecule has 6 heteroatoms. The average molecular weight is 483 g/mol. The van der Waals surface area contributed by atoms with Gasteiger partial charge in [-0.3, -0.25) is 4.98 Å². The van der Waals surface area contributed by atoms with Crippen molar-refractivity contribution in [1.82, 2.24) is 14.9 Å². The molecule has 0 bridgehead atoms. The number of hydrogen-bond acceptors (Lipinski definition) is 3. The van der Waals surface area contributed by atoms with E-state index in [1.807, 2.05) is 30.5 Å². The fourth-order valence-electron chi connectivity index (χ4n) is 5.13. The van der Waals surface area contributed by atoms with Crippen molar-refractivity contribution < 1.29 is 4.74 Å². The van der Waals surface area contributed by atoms with Crippen molar-refractivity contribution in [2.75, 3.05) is 12.0 Å². The number of aromatic nitrogens is 2. The summed E-state index contributed by atoms with van der Waals surface area (Å²) >= 11 is 5.90. The average Bonchev–Trinajstić information content (AvgIpc) is 3.36. The summed E-state index contributed by atoms with van der Waals surface area (Å²) in [5, 5.41) is 4.25. The lowest BCUT2D eigenvalue weighted by Crippen LogP contribution is -2.29. The number of aryl methyl sites for hydroxylation is 2. The van der Waals surface area contributed by atoms with Gasteiger partial charge in [0.05, 0.1) is 24.9 Å². The standard InChI is InChI=1S/C29H30N4OS/c1-18-9-8-11-26(20(18)3)32-19(2)17-24(21(32)4)28-27(25-10-6-7-16-30-25)31-29(35)33(28)22-12-14-23(34-5)15-13-22/h6-17,27-28H,1-5H3,(H,31,35). The molecular formula is C29H30N4OS. The summed E-state index contributed by atoms with van der Waals surface area (Å²) < 4.78 is 7.75. The Bertz CT molecular complexity index is 1380. The number of rotatable bonds is 5. The van der Waals surface area contributed by atoms with E-state index in [1.54, 1.807) is 7.11 Å². The SMILES string of the molecule is COc1ccc(N2C(=S)NC(c3ccccn3)C2c2cc(C)n(-c3cccc(C)c3C)c2C)cc1. The van der Waals surface area contributed by atoms with Crippen molar-refractivity contribution in [2.24, 2.45) is 0 Å². The van der Waals surface area contributed by atoms with Gasteiger partial charge in [-0.05, 0) is 105 Å². The van der Waals surface area contributed by atoms with E-state index in [1.165, 1.54) is 33.8 Å². The third-order valence-corrected chi connectivity index (χ3v) is 7.37. The van der Waals surface area contributed by atoms with Crippen LogP contribution in [0.3, 0.4) is 0 Å². The minimum Gasteiger partial charge on any atom is -0.497 e. The Labute approximate surface area is 212 Å². The number of thiocarbonyl (C=S) groups is 1. The summed E-state index contributed by atoms with van der Waals surface area (Å²) in [5.74, 6) is 0.817. The van der Waals surface area contributed by atoms with Crippen molar-refractivity contribution >= 4 is 23.0 Å². The van der Waals surface area contributed by atoms with Gasteiger partial charge in [0.1, 0.15) is 5.75 Å². The van der Waals surface area contributed by atoms with Crippen LogP contribution >= 0.6 is 12.2 Å². The molecule has 3 heterocycles. The summed E-state index contributed by atoms with van der Waals surface area (Å²) in [6.45, 7) is 8.73. The van der Waals surface area contributed by atoms with Crippen molar-refractivity contribution in [3.05, 3.63) is 107 Å². The number of pyridine rings is 1. The molecular weight excluding hydrogens is 452 g/mol. The Morgan fingerprint density at radius 3 is 2.40 bits per heavy atom. The Hall–Kier alpha value is -3.64. The van der Waals surface area contributed by atoms with Crippen LogP contribution in [-0.4, -0.2) is 21.8 Å². The predicted octanol–water partition coefficient (Wildman–Crippen LogP) is 6.29. The molecule has 0 aliphatic carbocycles. The van der Waals surface area contributed by atoms with E-state index in [2.05, 4.69) is 84.9 Å². The normalized spacial score (nSPS) is 17.5. The van der Waals surface area contributed by atoms with Crippen LogP contribution in [-0.2, 0) is 0 Å². The number of nitrogens with zero attached hydrogens (tertiary/aromatic N) is 3. The molecule has 0 amide bonds. The maximum Gasteiger partial charge on any atom is 0.174 e. The first kappa shape index (κ1) is 23.1. The second kappa shape index (κ2) is 9.19. The molecule has 2 atom stereocenters. The first-order valence-electron chi connectivity index (χ1n) is 11.8. The molecule has 5 nitrogen and oxygen atoms in total. The molecule has 2 aromatic heterocycles. The maximum absolute atomic E-state index is 5.90. The lowest BCUT2D eigenvalue weighted by Gasteiger charge is -2.28. The number of hydrogen-bond donors (Lipinski definition) is 1. The van der Waals surface area contributed by atoms with Gasteiger partial charge >= 0.3 is 0 Å². The first-order valence-corrected chi connectivity index (χ1v) is 12.2. The summed E-state index contributed by atoms with van der Waals surface area (Å²) in [5.41, 5.74) is 9.38. The lowest BCUT2D eigenvalue weighted by atomic mass is 9.96. The fraction of sp³-hybridized carbons (Fsp3) is 0.241. The zero-order chi connectivity index (χ0) is 24.7. The molecule has 178 valence electrons. The summed E-state index contributed by atoms with van der Waals surface area (Å²) in [4.78, 5) is 6.91. The Morgan fingerprint density at radius 2 is 1.71 bits per heavy atom. The minimum absolute atomic E-state index is 0.0594. The Morgan fingerprint density at radius 1 is 0.943 bits per heavy atom. The van der Waals surface area contributed by atoms with Gasteiger partial charge in [0, 0.05) is 29.0 Å². The van der Waals surface area contributed by atoms with Crippen LogP contribution in [0.2, 0.25) is 0 Å². The summed E-state index contributed by atoms with van der Waals surface area (Å²) in [7, 11) is 1.68. The van der Waals surface area contributed by atoms with Gasteiger partial charge in [-0.2, -0.15) is 0 Å². The van der Waals surface area contributed by atoms with E-state index in [0.29, 0.717) is 5.11 Å². The van der Waals surface area contributed by atoms with E-state index >= 15 is 0 Å². The minimum atomic E-state index is -0.0849. The number of nitrogens with one attached hydrogen (secondary N) is 1. The highest BCUT2D eigenvalue weighted by Crippen LogP contribution is 2.44. The second-order valence-corrected chi connectivity index (χ2v) is 9.46. The van der Waals surface area contributed by atoms with Gasteiger partial charge in [-0.1, -0.05) is 18.2 Å². The van der Waals surface area contributed by atoms with Crippen LogP contribution < -0.4 is 15.0 Å². The maximum atomic E-state index is 5.90. The van der Waals surface area contributed by atoms with Gasteiger partial charge in [0.15, 0.2) is 5.11 Å². The van der Waals surface area contributed by atoms with Crippen LogP contribution in [0, 0.1) is 27.7 Å². The fourth-order valence-corrected chi connectivity index (χ4v) is 5.47. The predicted molar refractivity (Wildman–Crippen MR) is 146 cm³/mol. The number of methoxy groups -OCH3 is 1. The third kappa shape index (κ3) is 3.98. The van der Waals surface area contributed by atoms with Crippen molar-refractivity contribution in [3.63, 3.8) is 0 Å². The number of ether oxygens (including phenoxy) is 1. The lowest BCUT2D eigenvalue weighted by molar-refractivity contribution is 0.415. The highest BCUT2D eigenvalue weighted by Gasteiger charge is 2.42. The van der Waals surface area contributed by atoms with Gasteiger partial charge in [-0.25, -0.2) is 0 Å². The molecule has 35 heavy (non-hydrogen) atoms. The Kier molecular flexibility index (Phi) is 6.07. The third-order valence-electron chi connectivity index (χ3n) is 7.05. The molecule has 2 aromatic carbocycles. The number of anilines is 1. The number of benzene rings is 2. The molecule has 5 rings (SSSR count). The summed E-state index contributed by atoms with van der Waals surface area (Å²) in [6.07, 6.45) is 1.84. The molecule has 0 spiro atoms. The van der Waals surface area contributed by atoms with Crippen LogP contribution in [0.1, 0.15) is 45.9 Å². The molecule has 1 fully saturated rings. The molecule has 0 radical (unpaired) electrons. The molecule has 4 aromatic rings. The molecule has 2 unspecified atom stereocenters. The molecule has 1 aliphatic rings. The van der Waals surface area contributed by atoms with Crippen LogP contribution in [0.15, 0.2) is 72.9 Å². The molecule has 1 N–H and O–H groups in total. The van der Waals surface area contributed by atoms with Crippen LogP contribution in [0.5, 0.6) is 5.75 Å². The van der Waals surface area contributed by atoms with Crippen molar-refractivity contribution in [2.45, 2.75) is 39.8 Å². The van der Waals surface area contributed by atoms with E-state index in [-0.39, 0.29) is 12.1 Å². The Balaban J connectivity index is 1.68. The largest absolute Gasteiger partial charge is 0.497 e. The molecule has 1 saturated heterocycles. The zero-order valence-electron chi connectivity index (χ0n) is 20.7. The molecule has 1 aliphatic heterocycles. The topological polar surface area (TPSA) is 42.3 Å².